The minimum absolute atomic E-state index is 0.204. The molecule has 0 aliphatic rings. The van der Waals surface area contributed by atoms with Gasteiger partial charge < -0.3 is 19.7 Å². The van der Waals surface area contributed by atoms with Gasteiger partial charge in [-0.15, -0.1) is 4.43 Å². The van der Waals surface area contributed by atoms with Crippen LogP contribution in [0.3, 0.4) is 0 Å². The number of hydrogen-bond donors (Lipinski definition) is 2. The summed E-state index contributed by atoms with van der Waals surface area (Å²) in [5.74, 6) is -2.57. The third-order valence-corrected chi connectivity index (χ3v) is 4.62. The summed E-state index contributed by atoms with van der Waals surface area (Å²) < 4.78 is 12.7. The van der Waals surface area contributed by atoms with Crippen molar-refractivity contribution in [2.75, 3.05) is 0 Å². The minimum atomic E-state index is -1.66. The summed E-state index contributed by atoms with van der Waals surface area (Å²) in [6.45, 7) is 0.569. The van der Waals surface area contributed by atoms with E-state index in [0.29, 0.717) is 17.6 Å². The highest BCUT2D eigenvalue weighted by Gasteiger charge is 2.13. The second-order valence-corrected chi connectivity index (χ2v) is 7.37. The molecule has 31 heavy (non-hydrogen) atoms. The number of hydrogen-bond acceptors (Lipinski definition) is 5. The highest BCUT2D eigenvalue weighted by Crippen LogP contribution is 2.28. The second kappa shape index (κ2) is 10.5. The van der Waals surface area contributed by atoms with Crippen molar-refractivity contribution in [1.82, 2.24) is 0 Å². The number of benzene rings is 3. The molecule has 0 amide bonds. The van der Waals surface area contributed by atoms with Gasteiger partial charge in [0.25, 0.3) is 5.78 Å². The largest absolute Gasteiger partial charge is 0.507 e. The van der Waals surface area contributed by atoms with E-state index in [0.717, 1.165) is 15.6 Å². The molecule has 0 aliphatic heterocycles. The Morgan fingerprint density at radius 3 is 2.03 bits per heavy atom. The van der Waals surface area contributed by atoms with Crippen LogP contribution in [0, 0.1) is 0 Å². The quantitative estimate of drug-likeness (QED) is 0.234. The Labute approximate surface area is 187 Å². The molecule has 2 N–H and O–H groups in total. The van der Waals surface area contributed by atoms with Crippen molar-refractivity contribution in [3.05, 3.63) is 95.6 Å². The number of carbonyl (C=O) groups excluding carboxylic acids is 1. The highest BCUT2D eigenvalue weighted by atomic mass is 27.0. The van der Waals surface area contributed by atoms with Crippen LogP contribution in [0.4, 0.5) is 0 Å². The van der Waals surface area contributed by atoms with Crippen LogP contribution in [0.5, 0.6) is 11.5 Å². The van der Waals surface area contributed by atoms with E-state index in [1.807, 2.05) is 54.6 Å². The van der Waals surface area contributed by atoms with E-state index in [-0.39, 0.29) is 18.8 Å². The zero-order chi connectivity index (χ0) is 22.2. The van der Waals surface area contributed by atoms with E-state index in [1.165, 1.54) is 12.1 Å². The molecule has 6 nitrogen and oxygen atoms in total. The molecule has 3 aromatic rings. The van der Waals surface area contributed by atoms with Gasteiger partial charge in [-0.25, -0.2) is 4.79 Å². The Balaban J connectivity index is 1.85. The minimum Gasteiger partial charge on any atom is -0.507 e. The molecule has 0 saturated heterocycles. The van der Waals surface area contributed by atoms with Crippen LogP contribution in [0.2, 0.25) is 0 Å². The van der Waals surface area contributed by atoms with Gasteiger partial charge in [0.1, 0.15) is 30.5 Å². The molecule has 3 rings (SSSR count). The summed E-state index contributed by atoms with van der Waals surface area (Å²) in [6.07, 6.45) is 0.653. The van der Waals surface area contributed by atoms with Gasteiger partial charge in [-0.2, -0.15) is 0 Å². The Bertz CT molecular complexity index is 1110. The molecule has 3 aromatic carbocycles. The molecular formula is C24H19AlO6. The average molecular weight is 430 g/mol. The fourth-order valence-corrected chi connectivity index (χ4v) is 3.07. The summed E-state index contributed by atoms with van der Waals surface area (Å²) in [6, 6.07) is 22.0. The van der Waals surface area contributed by atoms with Crippen molar-refractivity contribution in [2.45, 2.75) is 13.2 Å². The van der Waals surface area contributed by atoms with Crippen LogP contribution >= 0.6 is 0 Å². The van der Waals surface area contributed by atoms with Gasteiger partial charge >= 0.3 is 5.97 Å². The summed E-state index contributed by atoms with van der Waals surface area (Å²) >= 11 is 2.62. The van der Waals surface area contributed by atoms with Gasteiger partial charge in [0.15, 0.2) is 16.3 Å². The van der Waals surface area contributed by atoms with Gasteiger partial charge in [-0.05, 0) is 23.3 Å². The van der Waals surface area contributed by atoms with E-state index in [9.17, 15) is 14.7 Å². The topological polar surface area (TPSA) is 93.1 Å². The van der Waals surface area contributed by atoms with Crippen molar-refractivity contribution in [1.29, 1.82) is 0 Å². The number of carboxylic acids is 1. The molecule has 0 bridgehead atoms. The zero-order valence-electron chi connectivity index (χ0n) is 16.5. The lowest BCUT2D eigenvalue weighted by Crippen LogP contribution is -2.09. The Morgan fingerprint density at radius 2 is 1.42 bits per heavy atom. The van der Waals surface area contributed by atoms with Crippen molar-refractivity contribution < 1.29 is 29.3 Å². The molecule has 7 heteroatoms. The van der Waals surface area contributed by atoms with E-state index < -0.39 is 17.5 Å². The number of carboxylic acid groups (broad SMARTS) is 1. The number of aliphatic hydroxyl groups is 1. The first-order valence-electron chi connectivity index (χ1n) is 9.38. The normalized spacial score (nSPS) is 11.0. The molecule has 0 heterocycles. The molecule has 0 saturated carbocycles. The van der Waals surface area contributed by atoms with Gasteiger partial charge in [-0.3, -0.25) is 4.79 Å². The number of aliphatic carboxylic acids is 1. The molecule has 0 unspecified atom stereocenters. The van der Waals surface area contributed by atoms with Crippen molar-refractivity contribution >= 4 is 38.2 Å². The Kier molecular flexibility index (Phi) is 7.50. The molecule has 154 valence electrons. The van der Waals surface area contributed by atoms with Gasteiger partial charge in [0.05, 0.1) is 0 Å². The molecule has 0 aromatic heterocycles. The second-order valence-electron chi connectivity index (χ2n) is 6.70. The summed E-state index contributed by atoms with van der Waals surface area (Å²) in [5.41, 5.74) is 2.11. The fourth-order valence-electron chi connectivity index (χ4n) is 2.75. The van der Waals surface area contributed by atoms with Crippen LogP contribution in [-0.2, 0) is 22.8 Å². The number of ketones is 1. The molecule has 2 radical (unpaired) electrons. The monoisotopic (exact) mass is 430 g/mol. The summed E-state index contributed by atoms with van der Waals surface area (Å²) in [4.78, 5) is 22.2. The van der Waals surface area contributed by atoms with Gasteiger partial charge in [-0.1, -0.05) is 54.6 Å². The number of rotatable bonds is 9. The third-order valence-electron chi connectivity index (χ3n) is 4.26. The Hall–Kier alpha value is -3.53. The summed E-state index contributed by atoms with van der Waals surface area (Å²) in [7, 11) is 0. The van der Waals surface area contributed by atoms with E-state index in [4.69, 9.17) is 14.6 Å². The number of carbonyl (C=O) groups is 2. The van der Waals surface area contributed by atoms with Crippen LogP contribution in [0.25, 0.3) is 5.76 Å². The highest BCUT2D eigenvalue weighted by molar-refractivity contribution is 6.38. The first-order chi connectivity index (χ1) is 14.9. The average Bonchev–Trinajstić information content (AvgIpc) is 2.77. The van der Waals surface area contributed by atoms with E-state index in [1.54, 1.807) is 6.07 Å². The third kappa shape index (κ3) is 6.75. The van der Waals surface area contributed by atoms with Crippen LogP contribution in [0.15, 0.2) is 78.9 Å². The Morgan fingerprint density at radius 1 is 0.806 bits per heavy atom. The van der Waals surface area contributed by atoms with Gasteiger partial charge in [0, 0.05) is 17.7 Å². The van der Waals surface area contributed by atoms with Gasteiger partial charge in [0.2, 0.25) is 0 Å². The maximum absolute atomic E-state index is 11.4. The summed E-state index contributed by atoms with van der Waals surface area (Å²) in [5, 5.41) is 19.0. The SMILES string of the molecule is O=C(O)C(=O)C=C(O)c1cc(OCc2ccccc2)cc(OCc2ccc[c]([Al])c2)c1. The van der Waals surface area contributed by atoms with E-state index in [2.05, 4.69) is 16.3 Å². The maximum Gasteiger partial charge on any atom is 0.376 e. The van der Waals surface area contributed by atoms with Crippen LogP contribution in [-0.4, -0.2) is 38.3 Å². The van der Waals surface area contributed by atoms with E-state index >= 15 is 0 Å². The lowest BCUT2D eigenvalue weighted by atomic mass is 10.1. The standard InChI is InChI=1S/C24H19O6.Al/c25-22(14-23(26)24(27)28)19-11-20(29-15-17-7-3-1-4-8-17)13-21(12-19)30-16-18-9-5-2-6-10-18;/h1-5,7-14,25H,15-16H2,(H,27,28);. The number of ether oxygens (including phenoxy) is 2. The molecule has 0 spiro atoms. The lowest BCUT2D eigenvalue weighted by molar-refractivity contribution is -0.146. The molecule has 0 atom stereocenters. The molecular weight excluding hydrogens is 411 g/mol. The predicted octanol–water partition coefficient (Wildman–Crippen LogP) is 3.19. The maximum atomic E-state index is 11.4. The first-order valence-corrected chi connectivity index (χ1v) is 9.96. The van der Waals surface area contributed by atoms with Crippen molar-refractivity contribution in [3.63, 3.8) is 0 Å². The fraction of sp³-hybridized carbons (Fsp3) is 0.0833. The molecule has 0 fully saturated rings. The lowest BCUT2D eigenvalue weighted by Gasteiger charge is -2.13. The van der Waals surface area contributed by atoms with Crippen molar-refractivity contribution in [3.8, 4) is 11.5 Å². The van der Waals surface area contributed by atoms with Crippen LogP contribution < -0.4 is 13.9 Å². The smallest absolute Gasteiger partial charge is 0.376 e. The molecule has 0 aliphatic carbocycles. The van der Waals surface area contributed by atoms with Crippen molar-refractivity contribution in [2.24, 2.45) is 0 Å². The number of aliphatic hydroxyl groups excluding tert-OH is 1. The predicted molar refractivity (Wildman–Crippen MR) is 117 cm³/mol. The zero-order valence-corrected chi connectivity index (χ0v) is 17.7. The van der Waals surface area contributed by atoms with Crippen LogP contribution in [0.1, 0.15) is 16.7 Å². The first kappa shape index (κ1) is 22.2.